The van der Waals surface area contributed by atoms with Crippen LogP contribution in [0.1, 0.15) is 50.0 Å². The molecule has 0 aliphatic carbocycles. The van der Waals surface area contributed by atoms with Crippen LogP contribution in [-0.4, -0.2) is 46.2 Å². The van der Waals surface area contributed by atoms with Crippen molar-refractivity contribution >= 4 is 23.5 Å². The number of aromatic nitrogens is 2. The van der Waals surface area contributed by atoms with Crippen molar-refractivity contribution < 1.29 is 9.90 Å². The first-order valence-corrected chi connectivity index (χ1v) is 8.08. The Kier molecular flexibility index (Phi) is 5.58. The molecule has 0 spiro atoms. The first-order valence-electron chi connectivity index (χ1n) is 7.70. The van der Waals surface area contributed by atoms with Gasteiger partial charge in [0, 0.05) is 25.2 Å². The summed E-state index contributed by atoms with van der Waals surface area (Å²) < 4.78 is 0. The number of hydrogen-bond acceptors (Lipinski definition) is 5. The van der Waals surface area contributed by atoms with E-state index in [4.69, 9.17) is 16.7 Å². The van der Waals surface area contributed by atoms with Gasteiger partial charge in [0.2, 0.25) is 5.95 Å². The average Bonchev–Trinajstić information content (AvgIpc) is 3.02. The number of halogens is 1. The zero-order chi connectivity index (χ0) is 16.2. The Balaban J connectivity index is 2.19. The average molecular weight is 327 g/mol. The fourth-order valence-corrected chi connectivity index (χ4v) is 2.67. The van der Waals surface area contributed by atoms with Gasteiger partial charge in [-0.1, -0.05) is 18.5 Å². The van der Waals surface area contributed by atoms with E-state index in [1.165, 1.54) is 6.20 Å². The van der Waals surface area contributed by atoms with Crippen molar-refractivity contribution in [3.05, 3.63) is 16.9 Å². The smallest absolute Gasteiger partial charge is 0.272 e. The minimum atomic E-state index is -0.478. The van der Waals surface area contributed by atoms with E-state index in [0.717, 1.165) is 25.9 Å². The Hall–Kier alpha value is -1.40. The summed E-state index contributed by atoms with van der Waals surface area (Å²) in [5, 5.41) is 12.3. The van der Waals surface area contributed by atoms with Gasteiger partial charge in [-0.3, -0.25) is 4.79 Å². The van der Waals surface area contributed by atoms with E-state index < -0.39 is 5.54 Å². The molecule has 22 heavy (non-hydrogen) atoms. The van der Waals surface area contributed by atoms with E-state index in [-0.39, 0.29) is 23.2 Å². The second-order valence-corrected chi connectivity index (χ2v) is 6.31. The number of rotatable bonds is 6. The van der Waals surface area contributed by atoms with Gasteiger partial charge >= 0.3 is 0 Å². The van der Waals surface area contributed by atoms with Gasteiger partial charge in [0.05, 0.1) is 11.2 Å². The van der Waals surface area contributed by atoms with Crippen molar-refractivity contribution in [2.24, 2.45) is 0 Å². The maximum Gasteiger partial charge on any atom is 0.272 e. The summed E-state index contributed by atoms with van der Waals surface area (Å²) in [6, 6.07) is 0. The molecule has 1 aromatic heterocycles. The lowest BCUT2D eigenvalue weighted by atomic mass is 9.95. The minimum absolute atomic E-state index is 0.0150. The van der Waals surface area contributed by atoms with Gasteiger partial charge in [-0.2, -0.15) is 0 Å². The van der Waals surface area contributed by atoms with Crippen molar-refractivity contribution in [1.29, 1.82) is 0 Å². The lowest BCUT2D eigenvalue weighted by molar-refractivity contribution is 0.0881. The third-order valence-corrected chi connectivity index (χ3v) is 4.47. The molecule has 122 valence electrons. The molecule has 7 heteroatoms. The van der Waals surface area contributed by atoms with Crippen molar-refractivity contribution in [2.75, 3.05) is 24.6 Å². The molecule has 2 rings (SSSR count). The minimum Gasteiger partial charge on any atom is -0.396 e. The van der Waals surface area contributed by atoms with Crippen molar-refractivity contribution in [3.8, 4) is 0 Å². The summed E-state index contributed by atoms with van der Waals surface area (Å²) in [5.74, 6) is 0.220. The third kappa shape index (κ3) is 3.87. The second-order valence-electron chi connectivity index (χ2n) is 5.90. The van der Waals surface area contributed by atoms with E-state index in [0.29, 0.717) is 18.8 Å². The second kappa shape index (κ2) is 7.24. The number of hydrogen-bond donors (Lipinski definition) is 2. The molecule has 0 radical (unpaired) electrons. The summed E-state index contributed by atoms with van der Waals surface area (Å²) in [6.07, 6.45) is 4.89. The number of nitrogens with zero attached hydrogens (tertiary/aromatic N) is 3. The van der Waals surface area contributed by atoms with E-state index in [1.54, 1.807) is 0 Å². The molecule has 1 aliphatic rings. The highest BCUT2D eigenvalue weighted by atomic mass is 35.5. The van der Waals surface area contributed by atoms with Crippen LogP contribution in [0.5, 0.6) is 0 Å². The van der Waals surface area contributed by atoms with Gasteiger partial charge in [-0.05, 0) is 32.6 Å². The predicted octanol–water partition coefficient (Wildman–Crippen LogP) is 2.01. The summed E-state index contributed by atoms with van der Waals surface area (Å²) in [6.45, 7) is 5.69. The Labute approximate surface area is 135 Å². The normalized spacial score (nSPS) is 17.4. The van der Waals surface area contributed by atoms with Gasteiger partial charge < -0.3 is 15.3 Å². The Morgan fingerprint density at radius 2 is 2.18 bits per heavy atom. The summed E-state index contributed by atoms with van der Waals surface area (Å²) in [5.41, 5.74) is -0.287. The van der Waals surface area contributed by atoms with Crippen molar-refractivity contribution in [2.45, 2.75) is 45.1 Å². The number of aliphatic hydroxyl groups is 1. The van der Waals surface area contributed by atoms with E-state index in [1.807, 2.05) is 13.8 Å². The highest BCUT2D eigenvalue weighted by Gasteiger charge is 2.27. The topological polar surface area (TPSA) is 78.3 Å². The van der Waals surface area contributed by atoms with Crippen LogP contribution in [0.3, 0.4) is 0 Å². The highest BCUT2D eigenvalue weighted by molar-refractivity contribution is 6.33. The van der Waals surface area contributed by atoms with Crippen molar-refractivity contribution in [1.82, 2.24) is 15.3 Å². The van der Waals surface area contributed by atoms with Crippen LogP contribution in [0.4, 0.5) is 5.95 Å². The monoisotopic (exact) mass is 326 g/mol. The lowest BCUT2D eigenvalue weighted by Gasteiger charge is -2.29. The van der Waals surface area contributed by atoms with Crippen LogP contribution < -0.4 is 10.2 Å². The molecule has 1 amide bonds. The van der Waals surface area contributed by atoms with Crippen LogP contribution in [0, 0.1) is 0 Å². The van der Waals surface area contributed by atoms with Gasteiger partial charge in [-0.15, -0.1) is 0 Å². The SMILES string of the molecule is CCC(C)(CCO)NC(=O)c1nc(N2CCCC2)ncc1Cl. The fourth-order valence-electron chi connectivity index (χ4n) is 2.49. The van der Waals surface area contributed by atoms with Crippen LogP contribution in [0.2, 0.25) is 5.02 Å². The van der Waals surface area contributed by atoms with Crippen LogP contribution in [0.15, 0.2) is 6.20 Å². The molecule has 0 saturated carbocycles. The molecule has 1 aliphatic heterocycles. The highest BCUT2D eigenvalue weighted by Crippen LogP contribution is 2.21. The summed E-state index contributed by atoms with van der Waals surface area (Å²) in [4.78, 5) is 23.1. The lowest BCUT2D eigenvalue weighted by Crippen LogP contribution is -2.46. The largest absolute Gasteiger partial charge is 0.396 e. The maximum absolute atomic E-state index is 12.5. The summed E-state index contributed by atoms with van der Waals surface area (Å²) in [7, 11) is 0. The van der Waals surface area contributed by atoms with Gasteiger partial charge in [0.1, 0.15) is 0 Å². The molecule has 2 heterocycles. The van der Waals surface area contributed by atoms with E-state index in [9.17, 15) is 4.79 Å². The fraction of sp³-hybridized carbons (Fsp3) is 0.667. The number of carbonyl (C=O) groups is 1. The molecule has 1 atom stereocenters. The van der Waals surface area contributed by atoms with Crippen LogP contribution >= 0.6 is 11.6 Å². The molecular weight excluding hydrogens is 304 g/mol. The van der Waals surface area contributed by atoms with Crippen LogP contribution in [0.25, 0.3) is 0 Å². The Bertz CT molecular complexity index is 534. The number of nitrogens with one attached hydrogen (secondary N) is 1. The van der Waals surface area contributed by atoms with Gasteiger partial charge in [-0.25, -0.2) is 9.97 Å². The zero-order valence-corrected chi connectivity index (χ0v) is 13.9. The van der Waals surface area contributed by atoms with Crippen LogP contribution in [-0.2, 0) is 0 Å². The van der Waals surface area contributed by atoms with Crippen molar-refractivity contribution in [3.63, 3.8) is 0 Å². The molecular formula is C15H23ClN4O2. The molecule has 1 aromatic rings. The number of anilines is 1. The first-order chi connectivity index (χ1) is 10.5. The number of carbonyl (C=O) groups excluding carboxylic acids is 1. The summed E-state index contributed by atoms with van der Waals surface area (Å²) >= 11 is 6.09. The predicted molar refractivity (Wildman–Crippen MR) is 86.4 cm³/mol. The Morgan fingerprint density at radius 3 is 2.77 bits per heavy atom. The quantitative estimate of drug-likeness (QED) is 0.836. The third-order valence-electron chi connectivity index (χ3n) is 4.19. The zero-order valence-electron chi connectivity index (χ0n) is 13.1. The number of aliphatic hydroxyl groups excluding tert-OH is 1. The van der Waals surface area contributed by atoms with E-state index in [2.05, 4.69) is 20.2 Å². The number of amides is 1. The standard InChI is InChI=1S/C15H23ClN4O2/c1-3-15(2,6-9-21)19-13(22)12-11(16)10-17-14(18-12)20-7-4-5-8-20/h10,21H,3-9H2,1-2H3,(H,19,22). The van der Waals surface area contributed by atoms with E-state index >= 15 is 0 Å². The molecule has 6 nitrogen and oxygen atoms in total. The van der Waals surface area contributed by atoms with Gasteiger partial charge in [0.25, 0.3) is 5.91 Å². The molecule has 1 fully saturated rings. The molecule has 1 unspecified atom stereocenters. The molecule has 0 bridgehead atoms. The van der Waals surface area contributed by atoms with Gasteiger partial charge in [0.15, 0.2) is 5.69 Å². The molecule has 1 saturated heterocycles. The molecule has 0 aromatic carbocycles. The maximum atomic E-state index is 12.5. The molecule has 2 N–H and O–H groups in total. The Morgan fingerprint density at radius 1 is 1.50 bits per heavy atom. The first kappa shape index (κ1) is 17.0.